The lowest BCUT2D eigenvalue weighted by molar-refractivity contribution is 0.615. The summed E-state index contributed by atoms with van der Waals surface area (Å²) in [7, 11) is 0. The van der Waals surface area contributed by atoms with E-state index < -0.39 is 0 Å². The van der Waals surface area contributed by atoms with Crippen LogP contribution in [-0.4, -0.2) is 25.1 Å². The molecule has 1 N–H and O–H groups in total. The lowest BCUT2D eigenvalue weighted by atomic mass is 10.2. The van der Waals surface area contributed by atoms with E-state index in [1.807, 2.05) is 11.8 Å². The Morgan fingerprint density at radius 1 is 1.21 bits per heavy atom. The molecule has 0 aliphatic heterocycles. The van der Waals surface area contributed by atoms with Gasteiger partial charge in [0.1, 0.15) is 0 Å². The van der Waals surface area contributed by atoms with E-state index in [0.29, 0.717) is 0 Å². The third-order valence-electron chi connectivity index (χ3n) is 2.33. The van der Waals surface area contributed by atoms with Gasteiger partial charge in [0.2, 0.25) is 0 Å². The van der Waals surface area contributed by atoms with E-state index in [1.165, 1.54) is 37.0 Å². The maximum Gasteiger partial charge on any atom is 0.0161 e. The minimum atomic E-state index is 1.00. The van der Waals surface area contributed by atoms with Gasteiger partial charge in [0.15, 0.2) is 0 Å². The molecular weight excluding hydrogens is 190 g/mol. The highest BCUT2D eigenvalue weighted by molar-refractivity contribution is 7.98. The van der Waals surface area contributed by atoms with E-state index >= 15 is 0 Å². The maximum atomic E-state index is 3.97. The number of hydrogen-bond donors (Lipinski definition) is 1. The molecule has 0 aromatic rings. The van der Waals surface area contributed by atoms with E-state index in [-0.39, 0.29) is 0 Å². The van der Waals surface area contributed by atoms with Crippen LogP contribution < -0.4 is 5.32 Å². The minimum absolute atomic E-state index is 1.00. The molecule has 0 bridgehead atoms. The zero-order valence-electron chi connectivity index (χ0n) is 9.77. The second-order valence-electron chi connectivity index (χ2n) is 3.69. The van der Waals surface area contributed by atoms with E-state index in [4.69, 9.17) is 0 Å². The van der Waals surface area contributed by atoms with Gasteiger partial charge in [-0.15, -0.1) is 0 Å². The Kier molecular flexibility index (Phi) is 11.2. The van der Waals surface area contributed by atoms with Crippen molar-refractivity contribution in [2.45, 2.75) is 39.0 Å². The summed E-state index contributed by atoms with van der Waals surface area (Å²) in [6.45, 7) is 8.28. The molecule has 0 rings (SSSR count). The maximum absolute atomic E-state index is 3.97. The minimum Gasteiger partial charge on any atom is -0.313 e. The van der Waals surface area contributed by atoms with Gasteiger partial charge < -0.3 is 5.32 Å². The van der Waals surface area contributed by atoms with Crippen LogP contribution >= 0.6 is 11.8 Å². The summed E-state index contributed by atoms with van der Waals surface area (Å²) in [5, 5.41) is 3.42. The Balaban J connectivity index is 2.95. The van der Waals surface area contributed by atoms with Crippen LogP contribution in [0.1, 0.15) is 39.0 Å². The number of thioether (sulfide) groups is 1. The Morgan fingerprint density at radius 2 is 1.93 bits per heavy atom. The molecule has 0 unspecified atom stereocenters. The van der Waals surface area contributed by atoms with Gasteiger partial charge in [-0.1, -0.05) is 31.9 Å². The number of nitrogens with one attached hydrogen (secondary N) is 1. The van der Waals surface area contributed by atoms with Crippen LogP contribution in [0.2, 0.25) is 0 Å². The SMILES string of the molecule is C=C(CC)CNCCCCCCSC. The summed E-state index contributed by atoms with van der Waals surface area (Å²) in [6.07, 6.45) is 8.72. The quantitative estimate of drug-likeness (QED) is 0.442. The van der Waals surface area contributed by atoms with Gasteiger partial charge in [-0.05, 0) is 37.8 Å². The Morgan fingerprint density at radius 3 is 2.57 bits per heavy atom. The predicted octanol–water partition coefficient (Wildman–Crippen LogP) is 3.47. The third-order valence-corrected chi connectivity index (χ3v) is 3.02. The summed E-state index contributed by atoms with van der Waals surface area (Å²) < 4.78 is 0. The van der Waals surface area contributed by atoms with Crippen molar-refractivity contribution in [3.8, 4) is 0 Å². The Labute approximate surface area is 93.7 Å². The molecule has 2 heteroatoms. The summed E-state index contributed by atoms with van der Waals surface area (Å²) in [5.74, 6) is 1.32. The smallest absolute Gasteiger partial charge is 0.0161 e. The first kappa shape index (κ1) is 14.1. The second kappa shape index (κ2) is 11.1. The van der Waals surface area contributed by atoms with Crippen LogP contribution in [-0.2, 0) is 0 Å². The molecule has 14 heavy (non-hydrogen) atoms. The molecule has 0 spiro atoms. The first-order chi connectivity index (χ1) is 6.81. The van der Waals surface area contributed by atoms with Crippen LogP contribution in [0.25, 0.3) is 0 Å². The molecule has 0 fully saturated rings. The zero-order valence-corrected chi connectivity index (χ0v) is 10.6. The topological polar surface area (TPSA) is 12.0 Å². The third kappa shape index (κ3) is 10.1. The highest BCUT2D eigenvalue weighted by atomic mass is 32.2. The van der Waals surface area contributed by atoms with Gasteiger partial charge in [0.25, 0.3) is 0 Å². The van der Waals surface area contributed by atoms with Crippen LogP contribution in [0.3, 0.4) is 0 Å². The van der Waals surface area contributed by atoms with Crippen LogP contribution in [0.4, 0.5) is 0 Å². The van der Waals surface area contributed by atoms with Gasteiger partial charge in [0.05, 0.1) is 0 Å². The molecule has 0 aromatic carbocycles. The van der Waals surface area contributed by atoms with Gasteiger partial charge in [0, 0.05) is 6.54 Å². The summed E-state index contributed by atoms with van der Waals surface area (Å²) >= 11 is 1.95. The first-order valence-electron chi connectivity index (χ1n) is 5.67. The fraction of sp³-hybridized carbons (Fsp3) is 0.833. The van der Waals surface area contributed by atoms with Crippen molar-refractivity contribution < 1.29 is 0 Å². The number of hydrogen-bond acceptors (Lipinski definition) is 2. The molecule has 1 nitrogen and oxygen atoms in total. The molecule has 0 saturated heterocycles. The molecule has 0 aliphatic rings. The highest BCUT2D eigenvalue weighted by Crippen LogP contribution is 2.03. The van der Waals surface area contributed by atoms with Crippen LogP contribution in [0.5, 0.6) is 0 Å². The van der Waals surface area contributed by atoms with Crippen molar-refractivity contribution >= 4 is 11.8 Å². The predicted molar refractivity (Wildman–Crippen MR) is 69.2 cm³/mol. The molecule has 0 aliphatic carbocycles. The molecule has 0 aromatic heterocycles. The average Bonchev–Trinajstić information content (AvgIpc) is 2.21. The van der Waals surface area contributed by atoms with Crippen LogP contribution in [0, 0.1) is 0 Å². The Hall–Kier alpha value is 0.0500. The molecule has 0 heterocycles. The van der Waals surface area contributed by atoms with Crippen molar-refractivity contribution in [2.24, 2.45) is 0 Å². The zero-order chi connectivity index (χ0) is 10.6. The van der Waals surface area contributed by atoms with Gasteiger partial charge in [-0.3, -0.25) is 0 Å². The molecular formula is C12H25NS. The van der Waals surface area contributed by atoms with Gasteiger partial charge in [-0.2, -0.15) is 11.8 Å². The fourth-order valence-electron chi connectivity index (χ4n) is 1.24. The molecule has 84 valence electrons. The monoisotopic (exact) mass is 215 g/mol. The van der Waals surface area contributed by atoms with Crippen molar-refractivity contribution in [1.29, 1.82) is 0 Å². The van der Waals surface area contributed by atoms with Crippen molar-refractivity contribution in [1.82, 2.24) is 5.32 Å². The lowest BCUT2D eigenvalue weighted by Gasteiger charge is -2.05. The fourth-order valence-corrected chi connectivity index (χ4v) is 1.73. The summed E-state index contributed by atoms with van der Waals surface area (Å²) in [6, 6.07) is 0. The summed E-state index contributed by atoms with van der Waals surface area (Å²) in [5.41, 5.74) is 1.31. The first-order valence-corrected chi connectivity index (χ1v) is 7.07. The lowest BCUT2D eigenvalue weighted by Crippen LogP contribution is -2.17. The highest BCUT2D eigenvalue weighted by Gasteiger charge is 1.91. The second-order valence-corrected chi connectivity index (χ2v) is 4.67. The average molecular weight is 215 g/mol. The standard InChI is InChI=1S/C12H25NS/c1-4-12(2)11-13-9-7-5-6-8-10-14-3/h13H,2,4-11H2,1,3H3. The normalized spacial score (nSPS) is 10.4. The van der Waals surface area contributed by atoms with E-state index in [0.717, 1.165) is 19.5 Å². The molecule has 0 amide bonds. The van der Waals surface area contributed by atoms with Gasteiger partial charge >= 0.3 is 0 Å². The van der Waals surface area contributed by atoms with Crippen molar-refractivity contribution in [3.05, 3.63) is 12.2 Å². The molecule has 0 saturated carbocycles. The van der Waals surface area contributed by atoms with Crippen molar-refractivity contribution in [2.75, 3.05) is 25.1 Å². The molecule has 0 atom stereocenters. The van der Waals surface area contributed by atoms with Crippen LogP contribution in [0.15, 0.2) is 12.2 Å². The molecule has 0 radical (unpaired) electrons. The van der Waals surface area contributed by atoms with Gasteiger partial charge in [-0.25, -0.2) is 0 Å². The largest absolute Gasteiger partial charge is 0.313 e. The van der Waals surface area contributed by atoms with Crippen molar-refractivity contribution in [3.63, 3.8) is 0 Å². The van der Waals surface area contributed by atoms with E-state index in [9.17, 15) is 0 Å². The van der Waals surface area contributed by atoms with E-state index in [1.54, 1.807) is 0 Å². The summed E-state index contributed by atoms with van der Waals surface area (Å²) in [4.78, 5) is 0. The van der Waals surface area contributed by atoms with E-state index in [2.05, 4.69) is 25.1 Å². The number of rotatable bonds is 10. The number of unbranched alkanes of at least 4 members (excludes halogenated alkanes) is 3. The Bertz CT molecular complexity index is 134.